The molecule has 0 aromatic rings. The van der Waals surface area contributed by atoms with Crippen molar-refractivity contribution in [1.29, 1.82) is 0 Å². The monoisotopic (exact) mass is 434 g/mol. The molecule has 2 saturated carbocycles. The Balaban J connectivity index is 1.96. The predicted molar refractivity (Wildman–Crippen MR) is 95.7 cm³/mol. The molecule has 3 rings (SSSR count). The normalized spacial score (nSPS) is 56.4. The SMILES string of the molecule is COC1C(Cl)C(C)C2OC3C(Cl)C(O)C(Cl)C(C)C3C(=O)OC2C1Cl. The number of methoxy groups -OCH3 is 1. The summed E-state index contributed by atoms with van der Waals surface area (Å²) >= 11 is 25.7. The zero-order valence-corrected chi connectivity index (χ0v) is 17.0. The van der Waals surface area contributed by atoms with E-state index < -0.39 is 63.9 Å². The van der Waals surface area contributed by atoms with Gasteiger partial charge >= 0.3 is 5.97 Å². The van der Waals surface area contributed by atoms with Crippen LogP contribution in [0.15, 0.2) is 0 Å². The number of fused-ring (bicyclic) bond motifs is 2. The average Bonchev–Trinajstić information content (AvgIpc) is 2.73. The summed E-state index contributed by atoms with van der Waals surface area (Å²) in [6, 6.07) is 0. The topological polar surface area (TPSA) is 65.0 Å². The zero-order chi connectivity index (χ0) is 18.6. The fraction of sp³-hybridized carbons (Fsp3) is 0.938. The summed E-state index contributed by atoms with van der Waals surface area (Å²) in [6.45, 7) is 3.68. The molecule has 0 aromatic heterocycles. The van der Waals surface area contributed by atoms with Crippen LogP contribution in [0.1, 0.15) is 13.8 Å². The predicted octanol–water partition coefficient (Wildman–Crippen LogP) is 2.39. The van der Waals surface area contributed by atoms with Gasteiger partial charge in [-0.25, -0.2) is 0 Å². The lowest BCUT2D eigenvalue weighted by atomic mass is 9.76. The second-order valence-corrected chi connectivity index (χ2v) is 9.20. The molecule has 9 heteroatoms. The van der Waals surface area contributed by atoms with Crippen molar-refractivity contribution < 1.29 is 24.1 Å². The Bertz CT molecular complexity index is 523. The van der Waals surface area contributed by atoms with Crippen LogP contribution in [0.25, 0.3) is 0 Å². The smallest absolute Gasteiger partial charge is 0.312 e. The third-order valence-corrected chi connectivity index (χ3v) is 8.09. The number of hydrogen-bond acceptors (Lipinski definition) is 5. The first-order chi connectivity index (χ1) is 11.7. The van der Waals surface area contributed by atoms with Gasteiger partial charge in [0.2, 0.25) is 0 Å². The van der Waals surface area contributed by atoms with E-state index in [-0.39, 0.29) is 11.8 Å². The number of hydrogen-bond donors (Lipinski definition) is 1. The summed E-state index contributed by atoms with van der Waals surface area (Å²) in [5.74, 6) is -1.69. The summed E-state index contributed by atoms with van der Waals surface area (Å²) in [7, 11) is 1.52. The van der Waals surface area contributed by atoms with E-state index in [9.17, 15) is 9.90 Å². The molecular formula is C16H22Cl4O5. The molecule has 1 heterocycles. The van der Waals surface area contributed by atoms with E-state index in [1.165, 1.54) is 7.11 Å². The molecule has 144 valence electrons. The summed E-state index contributed by atoms with van der Waals surface area (Å²) in [6.07, 6.45) is -3.45. The summed E-state index contributed by atoms with van der Waals surface area (Å²) < 4.78 is 17.3. The van der Waals surface area contributed by atoms with E-state index in [1.54, 1.807) is 6.92 Å². The van der Waals surface area contributed by atoms with Gasteiger partial charge in [-0.15, -0.1) is 46.4 Å². The fourth-order valence-electron chi connectivity index (χ4n) is 4.20. The molecule has 3 aliphatic rings. The lowest BCUT2D eigenvalue weighted by Gasteiger charge is -2.46. The zero-order valence-electron chi connectivity index (χ0n) is 14.0. The molecule has 3 fully saturated rings. The van der Waals surface area contributed by atoms with E-state index in [4.69, 9.17) is 60.6 Å². The first-order valence-corrected chi connectivity index (χ1v) is 10.1. The van der Waals surface area contributed by atoms with E-state index in [1.807, 2.05) is 6.92 Å². The molecule has 12 atom stereocenters. The van der Waals surface area contributed by atoms with Gasteiger partial charge < -0.3 is 19.3 Å². The molecule has 0 bridgehead atoms. The maximum atomic E-state index is 12.8. The maximum absolute atomic E-state index is 12.8. The van der Waals surface area contributed by atoms with Gasteiger partial charge in [-0.05, 0) is 5.92 Å². The number of carbonyl (C=O) groups is 1. The molecule has 1 aliphatic heterocycles. The van der Waals surface area contributed by atoms with Crippen molar-refractivity contribution in [2.45, 2.75) is 65.9 Å². The third-order valence-electron chi connectivity index (χ3n) is 5.79. The van der Waals surface area contributed by atoms with Crippen LogP contribution in [0.3, 0.4) is 0 Å². The number of carbonyl (C=O) groups excluding carboxylic acids is 1. The molecule has 2 aliphatic carbocycles. The molecule has 12 unspecified atom stereocenters. The number of esters is 1. The molecule has 1 N–H and O–H groups in total. The highest BCUT2D eigenvalue weighted by Gasteiger charge is 2.59. The molecule has 0 spiro atoms. The largest absolute Gasteiger partial charge is 0.458 e. The number of halogens is 4. The van der Waals surface area contributed by atoms with Gasteiger partial charge in [-0.2, -0.15) is 0 Å². The molecule has 0 amide bonds. The lowest BCUT2D eigenvalue weighted by Crippen LogP contribution is -2.60. The Kier molecular flexibility index (Phi) is 6.07. The van der Waals surface area contributed by atoms with Crippen LogP contribution in [0.4, 0.5) is 0 Å². The van der Waals surface area contributed by atoms with E-state index in [0.717, 1.165) is 0 Å². The second-order valence-electron chi connectivity index (χ2n) is 7.18. The molecule has 25 heavy (non-hydrogen) atoms. The van der Waals surface area contributed by atoms with Crippen LogP contribution in [-0.2, 0) is 19.0 Å². The number of aliphatic hydroxyl groups excluding tert-OH is 1. The minimum atomic E-state index is -0.992. The van der Waals surface area contributed by atoms with Gasteiger partial charge in [-0.1, -0.05) is 13.8 Å². The van der Waals surface area contributed by atoms with Crippen LogP contribution in [0.2, 0.25) is 0 Å². The van der Waals surface area contributed by atoms with Crippen molar-refractivity contribution in [3.63, 3.8) is 0 Å². The van der Waals surface area contributed by atoms with E-state index >= 15 is 0 Å². The minimum absolute atomic E-state index is 0.191. The van der Waals surface area contributed by atoms with Crippen LogP contribution >= 0.6 is 46.4 Å². The van der Waals surface area contributed by atoms with Crippen molar-refractivity contribution in [1.82, 2.24) is 0 Å². The van der Waals surface area contributed by atoms with Gasteiger partial charge in [0, 0.05) is 13.0 Å². The Morgan fingerprint density at radius 3 is 2.16 bits per heavy atom. The highest BCUT2D eigenvalue weighted by atomic mass is 35.5. The standard InChI is InChI=1S/C16H22Cl4O5/c1-4-6-13(9(19)11(21)7(4)17)24-12-5(2)8(18)14(23-3)10(20)15(12)25-16(6)22/h4-15,21H,1-3H3. The third kappa shape index (κ3) is 3.18. The fourth-order valence-corrected chi connectivity index (χ4v) is 5.89. The minimum Gasteiger partial charge on any atom is -0.458 e. The molecule has 1 saturated heterocycles. The summed E-state index contributed by atoms with van der Waals surface area (Å²) in [5.41, 5.74) is 0. The van der Waals surface area contributed by atoms with Crippen molar-refractivity contribution in [2.75, 3.05) is 7.11 Å². The highest BCUT2D eigenvalue weighted by molar-refractivity contribution is 6.26. The second kappa shape index (κ2) is 7.50. The van der Waals surface area contributed by atoms with Gasteiger partial charge in [0.25, 0.3) is 0 Å². The molecule has 0 aromatic carbocycles. The van der Waals surface area contributed by atoms with Crippen LogP contribution < -0.4 is 0 Å². The van der Waals surface area contributed by atoms with Crippen LogP contribution in [0.5, 0.6) is 0 Å². The van der Waals surface area contributed by atoms with Crippen LogP contribution in [-0.4, -0.2) is 70.2 Å². The van der Waals surface area contributed by atoms with Gasteiger partial charge in [0.1, 0.15) is 17.6 Å². The number of ether oxygens (including phenoxy) is 3. The first-order valence-electron chi connectivity index (χ1n) is 8.33. The Morgan fingerprint density at radius 1 is 0.920 bits per heavy atom. The summed E-state index contributed by atoms with van der Waals surface area (Å²) in [5, 5.41) is 7.75. The van der Waals surface area contributed by atoms with Crippen molar-refractivity contribution >= 4 is 52.4 Å². The van der Waals surface area contributed by atoms with Crippen molar-refractivity contribution in [3.8, 4) is 0 Å². The first kappa shape index (κ1) is 20.2. The number of aliphatic hydroxyl groups is 1. The van der Waals surface area contributed by atoms with E-state index in [2.05, 4.69) is 0 Å². The molecular weight excluding hydrogens is 414 g/mol. The summed E-state index contributed by atoms with van der Waals surface area (Å²) in [4.78, 5) is 12.8. The maximum Gasteiger partial charge on any atom is 0.312 e. The Morgan fingerprint density at radius 2 is 1.56 bits per heavy atom. The lowest BCUT2D eigenvalue weighted by molar-refractivity contribution is -0.161. The molecule has 5 nitrogen and oxygen atoms in total. The Hall–Kier alpha value is 0.510. The Labute approximate surface area is 167 Å². The number of rotatable bonds is 1. The highest BCUT2D eigenvalue weighted by Crippen LogP contribution is 2.46. The van der Waals surface area contributed by atoms with Gasteiger partial charge in [0.15, 0.2) is 0 Å². The average molecular weight is 436 g/mol. The van der Waals surface area contributed by atoms with Gasteiger partial charge in [-0.3, -0.25) is 4.79 Å². The number of alkyl halides is 4. The van der Waals surface area contributed by atoms with Crippen molar-refractivity contribution in [2.24, 2.45) is 17.8 Å². The van der Waals surface area contributed by atoms with Crippen LogP contribution in [0, 0.1) is 17.8 Å². The van der Waals surface area contributed by atoms with Crippen molar-refractivity contribution in [3.05, 3.63) is 0 Å². The molecule has 0 radical (unpaired) electrons. The van der Waals surface area contributed by atoms with E-state index in [0.29, 0.717) is 0 Å². The van der Waals surface area contributed by atoms with Gasteiger partial charge in [0.05, 0.1) is 40.4 Å². The quantitative estimate of drug-likeness (QED) is 0.506.